The SMILES string of the molecule is CCOC(=O)CC(C)NC(=O)c1csc(C2CCN(C(=O)c3cc4ccccc4o3)CC2)n1. The fourth-order valence-electron chi connectivity index (χ4n) is 3.97. The lowest BCUT2D eigenvalue weighted by atomic mass is 9.97. The van der Waals surface area contributed by atoms with E-state index in [1.807, 2.05) is 29.2 Å². The third-order valence-electron chi connectivity index (χ3n) is 5.68. The quantitative estimate of drug-likeness (QED) is 0.525. The van der Waals surface area contributed by atoms with Crippen molar-refractivity contribution < 1.29 is 23.5 Å². The minimum Gasteiger partial charge on any atom is -0.466 e. The molecule has 3 heterocycles. The van der Waals surface area contributed by atoms with E-state index in [1.165, 1.54) is 11.3 Å². The van der Waals surface area contributed by atoms with E-state index in [2.05, 4.69) is 10.3 Å². The standard InChI is InChI=1S/C24H27N3O5S/c1-3-31-21(28)12-15(2)25-22(29)18-14-33-23(26-18)16-8-10-27(11-9-16)24(30)20-13-17-6-4-5-7-19(17)32-20/h4-7,13-16H,3,8-12H2,1-2H3,(H,25,29). The minimum atomic E-state index is -0.340. The molecule has 0 saturated carbocycles. The number of likely N-dealkylation sites (tertiary alicyclic amines) is 1. The Labute approximate surface area is 195 Å². The molecule has 2 amide bonds. The number of ether oxygens (including phenoxy) is 1. The van der Waals surface area contributed by atoms with Gasteiger partial charge in [0.1, 0.15) is 11.3 Å². The number of rotatable bonds is 7. The van der Waals surface area contributed by atoms with Crippen molar-refractivity contribution in [1.82, 2.24) is 15.2 Å². The molecule has 1 saturated heterocycles. The van der Waals surface area contributed by atoms with Crippen LogP contribution >= 0.6 is 11.3 Å². The van der Waals surface area contributed by atoms with Crippen LogP contribution in [0.4, 0.5) is 0 Å². The fraction of sp³-hybridized carbons (Fsp3) is 0.417. The summed E-state index contributed by atoms with van der Waals surface area (Å²) in [6, 6.07) is 9.03. The van der Waals surface area contributed by atoms with Crippen molar-refractivity contribution in [3.05, 3.63) is 52.2 Å². The van der Waals surface area contributed by atoms with Gasteiger partial charge in [-0.2, -0.15) is 0 Å². The van der Waals surface area contributed by atoms with Gasteiger partial charge < -0.3 is 19.4 Å². The van der Waals surface area contributed by atoms with E-state index in [0.717, 1.165) is 23.2 Å². The van der Waals surface area contributed by atoms with Gasteiger partial charge in [-0.05, 0) is 38.8 Å². The first-order chi connectivity index (χ1) is 15.9. The van der Waals surface area contributed by atoms with E-state index in [0.29, 0.717) is 36.7 Å². The van der Waals surface area contributed by atoms with Crippen LogP contribution in [-0.4, -0.2) is 53.4 Å². The van der Waals surface area contributed by atoms with Crippen LogP contribution in [0.15, 0.2) is 40.1 Å². The number of aromatic nitrogens is 1. The summed E-state index contributed by atoms with van der Waals surface area (Å²) in [5, 5.41) is 6.35. The van der Waals surface area contributed by atoms with Crippen LogP contribution in [0.5, 0.6) is 0 Å². The Bertz CT molecular complexity index is 1110. The molecule has 1 aliphatic rings. The van der Waals surface area contributed by atoms with Crippen LogP contribution in [0.25, 0.3) is 11.0 Å². The van der Waals surface area contributed by atoms with Crippen molar-refractivity contribution in [1.29, 1.82) is 0 Å². The van der Waals surface area contributed by atoms with E-state index < -0.39 is 0 Å². The highest BCUT2D eigenvalue weighted by molar-refractivity contribution is 7.09. The Morgan fingerprint density at radius 1 is 1.27 bits per heavy atom. The fourth-order valence-corrected chi connectivity index (χ4v) is 4.94. The van der Waals surface area contributed by atoms with Crippen molar-refractivity contribution in [2.45, 2.75) is 45.1 Å². The number of esters is 1. The van der Waals surface area contributed by atoms with Crippen molar-refractivity contribution >= 4 is 40.1 Å². The van der Waals surface area contributed by atoms with Crippen LogP contribution in [0.1, 0.15) is 65.1 Å². The average molecular weight is 470 g/mol. The van der Waals surface area contributed by atoms with Gasteiger partial charge in [-0.3, -0.25) is 14.4 Å². The summed E-state index contributed by atoms with van der Waals surface area (Å²) in [6.07, 6.45) is 1.67. The number of fused-ring (bicyclic) bond motifs is 1. The molecular weight excluding hydrogens is 442 g/mol. The number of hydrogen-bond acceptors (Lipinski definition) is 7. The van der Waals surface area contributed by atoms with Crippen LogP contribution in [-0.2, 0) is 9.53 Å². The van der Waals surface area contributed by atoms with E-state index in [4.69, 9.17) is 9.15 Å². The van der Waals surface area contributed by atoms with E-state index in [1.54, 1.807) is 25.3 Å². The zero-order chi connectivity index (χ0) is 23.4. The van der Waals surface area contributed by atoms with Gasteiger partial charge >= 0.3 is 5.97 Å². The Hall–Kier alpha value is -3.20. The number of hydrogen-bond donors (Lipinski definition) is 1. The molecule has 0 aliphatic carbocycles. The topological polar surface area (TPSA) is 102 Å². The first kappa shape index (κ1) is 23.0. The number of carbonyl (C=O) groups is 3. The molecule has 0 bridgehead atoms. The van der Waals surface area contributed by atoms with Crippen molar-refractivity contribution in [3.8, 4) is 0 Å². The Morgan fingerprint density at radius 2 is 2.03 bits per heavy atom. The minimum absolute atomic E-state index is 0.0977. The summed E-state index contributed by atoms with van der Waals surface area (Å²) >= 11 is 1.46. The van der Waals surface area contributed by atoms with Crippen molar-refractivity contribution in [2.24, 2.45) is 0 Å². The monoisotopic (exact) mass is 469 g/mol. The maximum absolute atomic E-state index is 12.9. The molecule has 1 aromatic carbocycles. The van der Waals surface area contributed by atoms with Gasteiger partial charge in [-0.15, -0.1) is 11.3 Å². The largest absolute Gasteiger partial charge is 0.466 e. The predicted octanol–water partition coefficient (Wildman–Crippen LogP) is 3.98. The lowest BCUT2D eigenvalue weighted by molar-refractivity contribution is -0.143. The van der Waals surface area contributed by atoms with Gasteiger partial charge in [0, 0.05) is 35.8 Å². The number of thiazole rings is 1. The number of amides is 2. The maximum Gasteiger partial charge on any atom is 0.307 e. The Balaban J connectivity index is 1.30. The van der Waals surface area contributed by atoms with Gasteiger partial charge in [-0.25, -0.2) is 4.98 Å². The van der Waals surface area contributed by atoms with Crippen LogP contribution in [0.3, 0.4) is 0 Å². The average Bonchev–Trinajstić information content (AvgIpc) is 3.46. The number of furan rings is 1. The third-order valence-corrected chi connectivity index (χ3v) is 6.69. The predicted molar refractivity (Wildman–Crippen MR) is 124 cm³/mol. The molecule has 4 rings (SSSR count). The van der Waals surface area contributed by atoms with E-state index in [9.17, 15) is 14.4 Å². The molecule has 0 spiro atoms. The van der Waals surface area contributed by atoms with Gasteiger partial charge in [0.05, 0.1) is 18.0 Å². The summed E-state index contributed by atoms with van der Waals surface area (Å²) in [5.41, 5.74) is 1.06. The van der Waals surface area contributed by atoms with Crippen LogP contribution < -0.4 is 5.32 Å². The summed E-state index contributed by atoms with van der Waals surface area (Å²) in [5.74, 6) is -0.174. The van der Waals surface area contributed by atoms with Crippen molar-refractivity contribution in [3.63, 3.8) is 0 Å². The number of nitrogens with one attached hydrogen (secondary N) is 1. The second-order valence-corrected chi connectivity index (χ2v) is 9.06. The zero-order valence-corrected chi connectivity index (χ0v) is 19.5. The maximum atomic E-state index is 12.9. The molecule has 1 N–H and O–H groups in total. The number of para-hydroxylation sites is 1. The highest BCUT2D eigenvalue weighted by atomic mass is 32.1. The summed E-state index contributed by atoms with van der Waals surface area (Å²) < 4.78 is 10.6. The molecule has 8 nitrogen and oxygen atoms in total. The number of carbonyl (C=O) groups excluding carboxylic acids is 3. The van der Waals surface area contributed by atoms with Gasteiger partial charge in [0.25, 0.3) is 11.8 Å². The first-order valence-corrected chi connectivity index (χ1v) is 12.0. The molecule has 0 radical (unpaired) electrons. The highest BCUT2D eigenvalue weighted by Gasteiger charge is 2.28. The molecule has 1 unspecified atom stereocenters. The summed E-state index contributed by atoms with van der Waals surface area (Å²) in [4.78, 5) is 43.3. The second-order valence-electron chi connectivity index (χ2n) is 8.17. The number of nitrogens with zero attached hydrogens (tertiary/aromatic N) is 2. The molecule has 3 aromatic rings. The first-order valence-electron chi connectivity index (χ1n) is 11.1. The third kappa shape index (κ3) is 5.42. The highest BCUT2D eigenvalue weighted by Crippen LogP contribution is 2.31. The summed E-state index contributed by atoms with van der Waals surface area (Å²) in [7, 11) is 0. The second kappa shape index (κ2) is 10.2. The van der Waals surface area contributed by atoms with Gasteiger partial charge in [0.2, 0.25) is 0 Å². The molecule has 9 heteroatoms. The molecule has 174 valence electrons. The Kier molecular flexibility index (Phi) is 7.08. The summed E-state index contributed by atoms with van der Waals surface area (Å²) in [6.45, 7) is 5.04. The number of piperidine rings is 1. The van der Waals surface area contributed by atoms with Crippen LogP contribution in [0.2, 0.25) is 0 Å². The lowest BCUT2D eigenvalue weighted by Gasteiger charge is -2.30. The number of benzene rings is 1. The van der Waals surface area contributed by atoms with Gasteiger partial charge in [0.15, 0.2) is 5.76 Å². The van der Waals surface area contributed by atoms with Gasteiger partial charge in [-0.1, -0.05) is 18.2 Å². The van der Waals surface area contributed by atoms with E-state index in [-0.39, 0.29) is 36.2 Å². The molecule has 1 aliphatic heterocycles. The van der Waals surface area contributed by atoms with Crippen LogP contribution in [0, 0.1) is 0 Å². The zero-order valence-electron chi connectivity index (χ0n) is 18.7. The van der Waals surface area contributed by atoms with Crippen molar-refractivity contribution in [2.75, 3.05) is 19.7 Å². The molecule has 1 atom stereocenters. The molecule has 1 fully saturated rings. The lowest BCUT2D eigenvalue weighted by Crippen LogP contribution is -2.37. The normalized spacial score (nSPS) is 15.4. The van der Waals surface area contributed by atoms with E-state index >= 15 is 0 Å². The molecule has 33 heavy (non-hydrogen) atoms. The molecular formula is C24H27N3O5S. The molecule has 2 aromatic heterocycles. The Morgan fingerprint density at radius 3 is 2.76 bits per heavy atom. The smallest absolute Gasteiger partial charge is 0.307 e.